The van der Waals surface area contributed by atoms with Gasteiger partial charge in [0, 0.05) is 11.6 Å². The Morgan fingerprint density at radius 2 is 2.08 bits per heavy atom. The lowest BCUT2D eigenvalue weighted by Gasteiger charge is -2.02. The molecule has 1 aliphatic rings. The predicted molar refractivity (Wildman–Crippen MR) is 43.6 cm³/mol. The van der Waals surface area contributed by atoms with E-state index >= 15 is 0 Å². The van der Waals surface area contributed by atoms with Gasteiger partial charge in [0.2, 0.25) is 0 Å². The quantitative estimate of drug-likeness (QED) is 0.591. The maximum atomic E-state index is 11.1. The number of fused-ring (bicyclic) bond motifs is 1. The molecule has 13 heavy (non-hydrogen) atoms. The lowest BCUT2D eigenvalue weighted by Crippen LogP contribution is -1.94. The van der Waals surface area contributed by atoms with Gasteiger partial charge in [0.1, 0.15) is 23.2 Å². The molecule has 0 saturated carbocycles. The van der Waals surface area contributed by atoms with E-state index in [2.05, 4.69) is 0 Å². The molecule has 4 heteroatoms. The van der Waals surface area contributed by atoms with Crippen molar-refractivity contribution in [3.63, 3.8) is 0 Å². The number of hydrogen-bond donors (Lipinski definition) is 2. The summed E-state index contributed by atoms with van der Waals surface area (Å²) in [6.45, 7) is 1.68. The molecule has 1 heterocycles. The van der Waals surface area contributed by atoms with Gasteiger partial charge < -0.3 is 14.9 Å². The molecule has 4 nitrogen and oxygen atoms in total. The summed E-state index contributed by atoms with van der Waals surface area (Å²) in [5.41, 5.74) is 0.688. The summed E-state index contributed by atoms with van der Waals surface area (Å²) < 4.78 is 4.86. The fourth-order valence-corrected chi connectivity index (χ4v) is 1.46. The first-order valence-electron chi connectivity index (χ1n) is 3.86. The third-order valence-corrected chi connectivity index (χ3v) is 2.06. The minimum atomic E-state index is -0.542. The van der Waals surface area contributed by atoms with Gasteiger partial charge >= 0.3 is 5.97 Å². The van der Waals surface area contributed by atoms with Crippen LogP contribution in [-0.2, 0) is 4.74 Å². The molecule has 0 bridgehead atoms. The summed E-state index contributed by atoms with van der Waals surface area (Å²) in [6, 6.07) is 2.54. The number of aromatic hydroxyl groups is 2. The molecule has 1 aliphatic heterocycles. The van der Waals surface area contributed by atoms with Gasteiger partial charge in [0.05, 0.1) is 0 Å². The molecule has 0 radical (unpaired) electrons. The number of phenols is 2. The normalized spacial score (nSPS) is 19.8. The van der Waals surface area contributed by atoms with Crippen LogP contribution in [0.25, 0.3) is 0 Å². The van der Waals surface area contributed by atoms with Crippen LogP contribution in [0, 0.1) is 0 Å². The molecular formula is C9H8O4. The van der Waals surface area contributed by atoms with Gasteiger partial charge in [-0.05, 0) is 13.0 Å². The van der Waals surface area contributed by atoms with E-state index in [0.717, 1.165) is 6.07 Å². The van der Waals surface area contributed by atoms with Crippen molar-refractivity contribution in [2.75, 3.05) is 0 Å². The molecule has 1 aromatic rings. The van der Waals surface area contributed by atoms with Crippen molar-refractivity contribution in [3.05, 3.63) is 23.3 Å². The van der Waals surface area contributed by atoms with E-state index in [9.17, 15) is 9.90 Å². The van der Waals surface area contributed by atoms with E-state index in [-0.39, 0.29) is 17.1 Å². The van der Waals surface area contributed by atoms with Crippen molar-refractivity contribution < 1.29 is 19.7 Å². The zero-order valence-corrected chi connectivity index (χ0v) is 6.94. The highest BCUT2D eigenvalue weighted by atomic mass is 16.5. The van der Waals surface area contributed by atoms with Gasteiger partial charge in [-0.1, -0.05) is 0 Å². The maximum absolute atomic E-state index is 11.1. The largest absolute Gasteiger partial charge is 0.508 e. The molecule has 68 valence electrons. The summed E-state index contributed by atoms with van der Waals surface area (Å²) in [7, 11) is 0. The number of benzene rings is 1. The number of cyclic esters (lactones) is 1. The minimum absolute atomic E-state index is 0.0681. The summed E-state index contributed by atoms with van der Waals surface area (Å²) in [5.74, 6) is -0.842. The van der Waals surface area contributed by atoms with Gasteiger partial charge in [-0.15, -0.1) is 0 Å². The Kier molecular flexibility index (Phi) is 1.45. The van der Waals surface area contributed by atoms with E-state index in [4.69, 9.17) is 9.84 Å². The molecule has 1 atom stereocenters. The molecule has 0 spiro atoms. The number of esters is 1. The summed E-state index contributed by atoms with van der Waals surface area (Å²) in [5, 5.41) is 18.5. The van der Waals surface area contributed by atoms with Crippen LogP contribution in [0.15, 0.2) is 12.1 Å². The Bertz CT molecular complexity index is 383. The van der Waals surface area contributed by atoms with Crippen molar-refractivity contribution in [1.29, 1.82) is 0 Å². The molecule has 1 unspecified atom stereocenters. The highest BCUT2D eigenvalue weighted by Crippen LogP contribution is 2.38. The summed E-state index contributed by atoms with van der Waals surface area (Å²) >= 11 is 0. The van der Waals surface area contributed by atoms with Crippen LogP contribution in [0.2, 0.25) is 0 Å². The highest BCUT2D eigenvalue weighted by molar-refractivity contribution is 5.97. The minimum Gasteiger partial charge on any atom is -0.508 e. The fraction of sp³-hybridized carbons (Fsp3) is 0.222. The SMILES string of the molecule is CC1OC(=O)c2c(O)cc(O)cc21. The molecule has 1 aromatic carbocycles. The van der Waals surface area contributed by atoms with Gasteiger partial charge in [-0.2, -0.15) is 0 Å². The first kappa shape index (κ1) is 7.91. The number of rotatable bonds is 0. The molecule has 0 saturated heterocycles. The lowest BCUT2D eigenvalue weighted by molar-refractivity contribution is 0.0420. The van der Waals surface area contributed by atoms with Crippen LogP contribution >= 0.6 is 0 Å². The van der Waals surface area contributed by atoms with Crippen LogP contribution < -0.4 is 0 Å². The Morgan fingerprint density at radius 3 is 2.77 bits per heavy atom. The van der Waals surface area contributed by atoms with Gasteiger partial charge in [0.15, 0.2) is 0 Å². The topological polar surface area (TPSA) is 66.8 Å². The Balaban J connectivity index is 2.69. The first-order chi connectivity index (χ1) is 6.09. The number of carbonyl (C=O) groups excluding carboxylic acids is 1. The van der Waals surface area contributed by atoms with Crippen molar-refractivity contribution in [1.82, 2.24) is 0 Å². The Hall–Kier alpha value is -1.71. The summed E-state index contributed by atoms with van der Waals surface area (Å²) in [4.78, 5) is 11.1. The van der Waals surface area contributed by atoms with E-state index < -0.39 is 12.1 Å². The van der Waals surface area contributed by atoms with E-state index in [1.165, 1.54) is 6.07 Å². The number of hydrogen-bond acceptors (Lipinski definition) is 4. The van der Waals surface area contributed by atoms with Gasteiger partial charge in [0.25, 0.3) is 0 Å². The molecule has 2 N–H and O–H groups in total. The number of phenolic OH excluding ortho intramolecular Hbond substituents is 2. The summed E-state index contributed by atoms with van der Waals surface area (Å²) in [6.07, 6.45) is -0.402. The Labute approximate surface area is 74.4 Å². The predicted octanol–water partition coefficient (Wildman–Crippen LogP) is 1.33. The average molecular weight is 180 g/mol. The number of ether oxygens (including phenoxy) is 1. The van der Waals surface area contributed by atoms with Gasteiger partial charge in [-0.25, -0.2) is 4.79 Å². The highest BCUT2D eigenvalue weighted by Gasteiger charge is 2.31. The Morgan fingerprint density at radius 1 is 1.38 bits per heavy atom. The van der Waals surface area contributed by atoms with Crippen LogP contribution in [0.3, 0.4) is 0 Å². The third-order valence-electron chi connectivity index (χ3n) is 2.06. The van der Waals surface area contributed by atoms with Crippen molar-refractivity contribution >= 4 is 5.97 Å². The molecule has 0 aromatic heterocycles. The van der Waals surface area contributed by atoms with Crippen LogP contribution in [-0.4, -0.2) is 16.2 Å². The average Bonchev–Trinajstić information content (AvgIpc) is 2.27. The molecular weight excluding hydrogens is 172 g/mol. The van der Waals surface area contributed by atoms with Gasteiger partial charge in [-0.3, -0.25) is 0 Å². The second-order valence-corrected chi connectivity index (χ2v) is 2.98. The molecule has 0 aliphatic carbocycles. The van der Waals surface area contributed by atoms with Crippen molar-refractivity contribution in [2.45, 2.75) is 13.0 Å². The fourth-order valence-electron chi connectivity index (χ4n) is 1.46. The zero-order valence-electron chi connectivity index (χ0n) is 6.94. The van der Waals surface area contributed by atoms with E-state index in [1.54, 1.807) is 6.92 Å². The third kappa shape index (κ3) is 1.02. The van der Waals surface area contributed by atoms with Crippen molar-refractivity contribution in [2.24, 2.45) is 0 Å². The standard InChI is InChI=1S/C9H8O4/c1-4-6-2-5(10)3-7(11)8(6)9(12)13-4/h2-4,10-11H,1H3. The first-order valence-corrected chi connectivity index (χ1v) is 3.86. The molecule has 0 fully saturated rings. The second-order valence-electron chi connectivity index (χ2n) is 2.98. The second kappa shape index (κ2) is 2.39. The molecule has 0 amide bonds. The van der Waals surface area contributed by atoms with E-state index in [1.807, 2.05) is 0 Å². The number of carbonyl (C=O) groups is 1. The van der Waals surface area contributed by atoms with Crippen LogP contribution in [0.1, 0.15) is 28.9 Å². The van der Waals surface area contributed by atoms with E-state index in [0.29, 0.717) is 5.56 Å². The molecule has 2 rings (SSSR count). The van der Waals surface area contributed by atoms with Crippen LogP contribution in [0.5, 0.6) is 11.5 Å². The lowest BCUT2D eigenvalue weighted by atomic mass is 10.0. The zero-order chi connectivity index (χ0) is 9.59. The monoisotopic (exact) mass is 180 g/mol. The van der Waals surface area contributed by atoms with Crippen molar-refractivity contribution in [3.8, 4) is 11.5 Å². The maximum Gasteiger partial charge on any atom is 0.342 e. The van der Waals surface area contributed by atoms with Crippen LogP contribution in [0.4, 0.5) is 0 Å². The smallest absolute Gasteiger partial charge is 0.342 e.